The molecule has 50 valence electrons. The van der Waals surface area contributed by atoms with E-state index < -0.39 is 0 Å². The van der Waals surface area contributed by atoms with Crippen LogP contribution in [0.3, 0.4) is 0 Å². The van der Waals surface area contributed by atoms with E-state index in [1.165, 1.54) is 11.1 Å². The smallest absolute Gasteiger partial charge is 0.138 e. The molecule has 0 amide bonds. The van der Waals surface area contributed by atoms with Crippen LogP contribution in [-0.2, 0) is 0 Å². The number of nitrogens with zero attached hydrogens (tertiary/aromatic N) is 2. The van der Waals surface area contributed by atoms with Crippen molar-refractivity contribution >= 4 is 0 Å². The molecule has 1 rings (SSSR count). The number of hydrogen-bond acceptors (Lipinski definition) is 3. The highest BCUT2D eigenvalue weighted by atomic mass is 16.7. The minimum atomic E-state index is 0.0260. The molecule has 0 spiro atoms. The Kier molecular flexibility index (Phi) is 2.09. The summed E-state index contributed by atoms with van der Waals surface area (Å²) in [6, 6.07) is 0. The van der Waals surface area contributed by atoms with Crippen LogP contribution in [0.2, 0.25) is 0 Å². The molecule has 4 heteroatoms. The first-order chi connectivity index (χ1) is 4.43. The first-order valence-electron chi connectivity index (χ1n) is 2.65. The third kappa shape index (κ3) is 1.73. The van der Waals surface area contributed by atoms with Crippen molar-refractivity contribution in [3.05, 3.63) is 18.7 Å². The molecular weight excluding hydrogens is 120 g/mol. The molecule has 0 fully saturated rings. The predicted molar refractivity (Wildman–Crippen MR) is 30.8 cm³/mol. The highest BCUT2D eigenvalue weighted by Crippen LogP contribution is 1.78. The summed E-state index contributed by atoms with van der Waals surface area (Å²) in [6.45, 7) is 0.328. The van der Waals surface area contributed by atoms with Crippen LogP contribution in [-0.4, -0.2) is 28.0 Å². The number of rotatable bonds is 3. The molecule has 0 atom stereocenters. The maximum atomic E-state index is 8.31. The third-order valence-corrected chi connectivity index (χ3v) is 0.812. The minimum absolute atomic E-state index is 0.0260. The Hall–Kier alpha value is -1.03. The first kappa shape index (κ1) is 6.10. The standard InChI is InChI=1S/C5H8N2O2/c8-3-4-9-7-2-1-6-5-7/h1-2,5,8H,3-4H2. The quantitative estimate of drug-likeness (QED) is 0.585. The summed E-state index contributed by atoms with van der Waals surface area (Å²) in [5.74, 6) is 0. The van der Waals surface area contributed by atoms with Crippen LogP contribution in [0, 0.1) is 0 Å². The molecule has 0 aliphatic heterocycles. The highest BCUT2D eigenvalue weighted by Gasteiger charge is 1.84. The van der Waals surface area contributed by atoms with Gasteiger partial charge in [-0.15, -0.1) is 0 Å². The molecule has 0 saturated carbocycles. The number of aromatic nitrogens is 2. The van der Waals surface area contributed by atoms with Gasteiger partial charge in [0.15, 0.2) is 0 Å². The van der Waals surface area contributed by atoms with Crippen molar-refractivity contribution in [2.75, 3.05) is 13.2 Å². The molecule has 1 aromatic rings. The molecule has 4 nitrogen and oxygen atoms in total. The van der Waals surface area contributed by atoms with Gasteiger partial charge in [-0.2, -0.15) is 4.73 Å². The Morgan fingerprint density at radius 3 is 3.11 bits per heavy atom. The first-order valence-corrected chi connectivity index (χ1v) is 2.65. The van der Waals surface area contributed by atoms with Gasteiger partial charge in [-0.3, -0.25) is 0 Å². The van der Waals surface area contributed by atoms with Crippen LogP contribution in [0.5, 0.6) is 0 Å². The van der Waals surface area contributed by atoms with E-state index in [4.69, 9.17) is 9.94 Å². The van der Waals surface area contributed by atoms with Crippen LogP contribution >= 0.6 is 0 Å². The van der Waals surface area contributed by atoms with E-state index in [2.05, 4.69) is 4.98 Å². The van der Waals surface area contributed by atoms with Gasteiger partial charge in [0, 0.05) is 6.20 Å². The van der Waals surface area contributed by atoms with Gasteiger partial charge < -0.3 is 9.94 Å². The zero-order chi connectivity index (χ0) is 6.53. The Morgan fingerprint density at radius 2 is 2.56 bits per heavy atom. The summed E-state index contributed by atoms with van der Waals surface area (Å²) < 4.78 is 1.44. The normalized spacial score (nSPS) is 9.44. The van der Waals surface area contributed by atoms with Crippen molar-refractivity contribution in [2.45, 2.75) is 0 Å². The molecule has 0 radical (unpaired) electrons. The number of aliphatic hydroxyl groups excluding tert-OH is 1. The Labute approximate surface area is 52.7 Å². The summed E-state index contributed by atoms with van der Waals surface area (Å²) >= 11 is 0. The fraction of sp³-hybridized carbons (Fsp3) is 0.400. The molecule has 0 aliphatic carbocycles. The van der Waals surface area contributed by atoms with Gasteiger partial charge >= 0.3 is 0 Å². The molecule has 1 aromatic heterocycles. The highest BCUT2D eigenvalue weighted by molar-refractivity contribution is 4.69. The maximum Gasteiger partial charge on any atom is 0.138 e. The van der Waals surface area contributed by atoms with Crippen molar-refractivity contribution in [3.63, 3.8) is 0 Å². The summed E-state index contributed by atoms with van der Waals surface area (Å²) in [5.41, 5.74) is 0. The summed E-state index contributed by atoms with van der Waals surface area (Å²) in [5, 5.41) is 8.31. The van der Waals surface area contributed by atoms with Crippen LogP contribution in [0.1, 0.15) is 0 Å². The lowest BCUT2D eigenvalue weighted by Crippen LogP contribution is -2.12. The lowest BCUT2D eigenvalue weighted by Gasteiger charge is -2.00. The van der Waals surface area contributed by atoms with Crippen molar-refractivity contribution < 1.29 is 9.94 Å². The molecule has 1 N–H and O–H groups in total. The molecule has 1 heterocycles. The third-order valence-electron chi connectivity index (χ3n) is 0.812. The van der Waals surface area contributed by atoms with Crippen molar-refractivity contribution in [1.82, 2.24) is 9.71 Å². The van der Waals surface area contributed by atoms with Gasteiger partial charge in [0.25, 0.3) is 0 Å². The second kappa shape index (κ2) is 3.09. The molecule has 0 aromatic carbocycles. The predicted octanol–water partition coefficient (Wildman–Crippen LogP) is -0.696. The number of hydrogen-bond donors (Lipinski definition) is 1. The van der Waals surface area contributed by atoms with Crippen LogP contribution in [0.25, 0.3) is 0 Å². The average Bonchev–Trinajstić information content (AvgIpc) is 2.34. The van der Waals surface area contributed by atoms with Crippen LogP contribution in [0.4, 0.5) is 0 Å². The molecule has 0 unspecified atom stereocenters. The van der Waals surface area contributed by atoms with E-state index in [0.29, 0.717) is 6.61 Å². The Balaban J connectivity index is 2.30. The minimum Gasteiger partial charge on any atom is -0.410 e. The zero-order valence-electron chi connectivity index (χ0n) is 4.90. The van der Waals surface area contributed by atoms with Crippen molar-refractivity contribution in [2.24, 2.45) is 0 Å². The molecule has 9 heavy (non-hydrogen) atoms. The summed E-state index contributed by atoms with van der Waals surface area (Å²) in [4.78, 5) is 8.63. The lowest BCUT2D eigenvalue weighted by molar-refractivity contribution is 0.0752. The lowest BCUT2D eigenvalue weighted by atomic mass is 10.8. The van der Waals surface area contributed by atoms with Gasteiger partial charge in [0.1, 0.15) is 12.9 Å². The van der Waals surface area contributed by atoms with Crippen molar-refractivity contribution in [1.29, 1.82) is 0 Å². The second-order valence-electron chi connectivity index (χ2n) is 1.48. The Morgan fingerprint density at radius 1 is 1.67 bits per heavy atom. The second-order valence-corrected chi connectivity index (χ2v) is 1.48. The fourth-order valence-corrected chi connectivity index (χ4v) is 0.469. The van der Waals surface area contributed by atoms with Crippen molar-refractivity contribution in [3.8, 4) is 0 Å². The fourth-order valence-electron chi connectivity index (χ4n) is 0.469. The Bertz CT molecular complexity index is 150. The monoisotopic (exact) mass is 128 g/mol. The summed E-state index contributed by atoms with van der Waals surface area (Å²) in [6.07, 6.45) is 4.79. The van der Waals surface area contributed by atoms with Gasteiger partial charge in [-0.05, 0) is 0 Å². The van der Waals surface area contributed by atoms with E-state index in [1.54, 1.807) is 12.4 Å². The zero-order valence-corrected chi connectivity index (χ0v) is 4.90. The topological polar surface area (TPSA) is 47.3 Å². The van der Waals surface area contributed by atoms with E-state index in [9.17, 15) is 0 Å². The largest absolute Gasteiger partial charge is 0.410 e. The van der Waals surface area contributed by atoms with E-state index in [1.807, 2.05) is 0 Å². The maximum absolute atomic E-state index is 8.31. The average molecular weight is 128 g/mol. The van der Waals surface area contributed by atoms with Gasteiger partial charge in [0.2, 0.25) is 0 Å². The van der Waals surface area contributed by atoms with E-state index in [0.717, 1.165) is 0 Å². The summed E-state index contributed by atoms with van der Waals surface area (Å²) in [7, 11) is 0. The number of aliphatic hydroxyl groups is 1. The van der Waals surface area contributed by atoms with Gasteiger partial charge in [-0.25, -0.2) is 4.98 Å². The molecular formula is C5H8N2O2. The molecule has 0 bridgehead atoms. The number of imidazole rings is 1. The van der Waals surface area contributed by atoms with Crippen LogP contribution < -0.4 is 4.84 Å². The van der Waals surface area contributed by atoms with E-state index in [-0.39, 0.29) is 6.61 Å². The van der Waals surface area contributed by atoms with Gasteiger partial charge in [0.05, 0.1) is 12.8 Å². The van der Waals surface area contributed by atoms with E-state index >= 15 is 0 Å². The molecule has 0 aliphatic rings. The van der Waals surface area contributed by atoms with Gasteiger partial charge in [-0.1, -0.05) is 0 Å². The molecule has 0 saturated heterocycles. The van der Waals surface area contributed by atoms with Crippen LogP contribution in [0.15, 0.2) is 18.7 Å². The SMILES string of the molecule is OCCOn1ccnc1.